The van der Waals surface area contributed by atoms with E-state index in [0.29, 0.717) is 19.6 Å². The zero-order valence-electron chi connectivity index (χ0n) is 30.4. The van der Waals surface area contributed by atoms with Crippen molar-refractivity contribution < 1.29 is 113 Å². The summed E-state index contributed by atoms with van der Waals surface area (Å²) in [6, 6.07) is 0. The Kier molecular flexibility index (Phi) is 21.1. The molecule has 28 nitrogen and oxygen atoms in total. The molecule has 1 saturated heterocycles. The molecule has 36 heteroatoms. The van der Waals surface area contributed by atoms with Crippen LogP contribution < -0.4 is 0 Å². The second kappa shape index (κ2) is 21.4. The molecule has 1 heterocycles. The lowest BCUT2D eigenvalue weighted by Gasteiger charge is -2.42. The zero-order valence-corrected chi connectivity index (χ0v) is 37.6. The normalized spacial score (nSPS) is 24.3. The Morgan fingerprint density at radius 1 is 0.339 bits per heavy atom. The maximum atomic E-state index is 13.3. The van der Waals surface area contributed by atoms with Gasteiger partial charge in [0.05, 0.1) is 26.4 Å². The van der Waals surface area contributed by atoms with Crippen LogP contribution in [0.1, 0.15) is 27.7 Å². The van der Waals surface area contributed by atoms with E-state index in [2.05, 4.69) is 0 Å². The molecule has 0 aromatic rings. The van der Waals surface area contributed by atoms with Crippen LogP contribution in [0.4, 0.5) is 0 Å². The van der Waals surface area contributed by atoms with E-state index in [4.69, 9.17) is 18.1 Å². The summed E-state index contributed by atoms with van der Waals surface area (Å²) < 4.78 is 124. The van der Waals surface area contributed by atoms with Crippen LogP contribution in [0.3, 0.4) is 0 Å². The number of hydrogen-bond donors (Lipinski definition) is 12. The van der Waals surface area contributed by atoms with Gasteiger partial charge in [-0.2, -0.15) is 0 Å². The second-order valence-corrected chi connectivity index (χ2v) is 27.6. The van der Waals surface area contributed by atoms with E-state index in [1.807, 2.05) is 0 Å². The Balaban J connectivity index is 4.34. The van der Waals surface area contributed by atoms with Crippen molar-refractivity contribution in [3.63, 3.8) is 0 Å². The minimum Gasteiger partial charge on any atom is -0.323 e. The maximum Gasteiger partial charge on any atom is 0.357 e. The first-order valence-corrected chi connectivity index (χ1v) is 29.5. The second-order valence-electron chi connectivity index (χ2n) is 11.8. The molecule has 0 spiro atoms. The number of nitrogens with zero attached hydrogens (tertiary/aromatic N) is 4. The van der Waals surface area contributed by atoms with Crippen molar-refractivity contribution in [3.05, 3.63) is 0 Å². The Morgan fingerprint density at radius 2 is 0.464 bits per heavy atom. The fourth-order valence-corrected chi connectivity index (χ4v) is 19.9. The molecule has 0 aromatic heterocycles. The Hall–Kier alpha value is 1.04. The van der Waals surface area contributed by atoms with Gasteiger partial charge in [-0.15, -0.1) is 0 Å². The van der Waals surface area contributed by atoms with E-state index < -0.39 is 162 Å². The average Bonchev–Trinajstić information content (AvgIpc) is 2.94. The molecule has 56 heavy (non-hydrogen) atoms. The first kappa shape index (κ1) is 55.1. The molecule has 12 N–H and O–H groups in total. The van der Waals surface area contributed by atoms with Gasteiger partial charge in [-0.1, -0.05) is 0 Å². The summed E-state index contributed by atoms with van der Waals surface area (Å²) in [5.41, 5.74) is -11.4. The smallest absolute Gasteiger partial charge is 0.323 e. The topological polar surface area (TPSA) is 429 Å². The van der Waals surface area contributed by atoms with E-state index in [0.717, 1.165) is 0 Å². The highest BCUT2D eigenvalue weighted by Gasteiger charge is 2.55. The lowest BCUT2D eigenvalue weighted by Crippen LogP contribution is -2.53. The Labute approximate surface area is 321 Å². The molecule has 1 fully saturated rings. The highest BCUT2D eigenvalue weighted by atomic mass is 31.3. The van der Waals surface area contributed by atoms with Crippen LogP contribution in [0.5, 0.6) is 0 Å². The quantitative estimate of drug-likeness (QED) is 0.0711. The summed E-state index contributed by atoms with van der Waals surface area (Å²) in [5.74, 6) is 0. The molecular weight excluding hydrogens is 928 g/mol. The molecule has 1 rings (SSSR count). The molecule has 0 saturated carbocycles. The summed E-state index contributed by atoms with van der Waals surface area (Å²) >= 11 is 0. The van der Waals surface area contributed by atoms with Crippen molar-refractivity contribution in [3.8, 4) is 0 Å². The molecule has 0 bridgehead atoms. The van der Waals surface area contributed by atoms with Crippen LogP contribution in [0.15, 0.2) is 0 Å². The van der Waals surface area contributed by atoms with Crippen molar-refractivity contribution in [2.45, 2.75) is 49.8 Å². The zero-order chi connectivity index (χ0) is 43.9. The van der Waals surface area contributed by atoms with E-state index in [1.165, 1.54) is 27.7 Å². The van der Waals surface area contributed by atoms with E-state index >= 15 is 0 Å². The van der Waals surface area contributed by atoms with Crippen molar-refractivity contribution in [1.82, 2.24) is 19.6 Å². The van der Waals surface area contributed by atoms with E-state index in [1.54, 1.807) is 0 Å². The largest absolute Gasteiger partial charge is 0.357 e. The van der Waals surface area contributed by atoms with Gasteiger partial charge in [0.2, 0.25) is 22.1 Å². The van der Waals surface area contributed by atoms with Crippen molar-refractivity contribution in [2.24, 2.45) is 0 Å². The lowest BCUT2D eigenvalue weighted by atomic mass is 10.3. The van der Waals surface area contributed by atoms with Crippen molar-refractivity contribution >= 4 is 60.8 Å². The van der Waals surface area contributed by atoms with Crippen molar-refractivity contribution in [1.29, 1.82) is 0 Å². The predicted octanol–water partition coefficient (Wildman–Crippen LogP) is -0.0592. The van der Waals surface area contributed by atoms with Gasteiger partial charge in [-0.25, -0.2) is 0 Å². The molecule has 0 aliphatic carbocycles. The third kappa shape index (κ3) is 15.7. The monoisotopic (exact) mass is 980 g/mol. The van der Waals surface area contributed by atoms with Gasteiger partial charge in [-0.05, 0) is 27.7 Å². The van der Waals surface area contributed by atoms with Crippen LogP contribution in [-0.2, 0) is 54.6 Å². The van der Waals surface area contributed by atoms with Crippen LogP contribution in [0.25, 0.3) is 0 Å². The summed E-state index contributed by atoms with van der Waals surface area (Å²) in [4.78, 5) is 127. The van der Waals surface area contributed by atoms with Crippen molar-refractivity contribution in [2.75, 3.05) is 78.8 Å². The van der Waals surface area contributed by atoms with Crippen LogP contribution in [-0.4, -0.2) is 179 Å². The van der Waals surface area contributed by atoms with Gasteiger partial charge in [-0.3, -0.25) is 56.1 Å². The molecule has 1 aliphatic heterocycles. The van der Waals surface area contributed by atoms with Crippen LogP contribution in [0.2, 0.25) is 0 Å². The summed E-state index contributed by atoms with van der Waals surface area (Å²) in [6.07, 6.45) is 0. The first-order chi connectivity index (χ1) is 25.2. The number of hydrogen-bond acceptors (Lipinski definition) is 16. The molecule has 8 atom stereocenters. The van der Waals surface area contributed by atoms with Gasteiger partial charge in [0, 0.05) is 52.4 Å². The van der Waals surface area contributed by atoms with Gasteiger partial charge < -0.3 is 76.8 Å². The minimum absolute atomic E-state index is 0.464. The molecule has 0 radical (unpaired) electrons. The minimum atomic E-state index is -5.86. The summed E-state index contributed by atoms with van der Waals surface area (Å²) in [7, 11) is -45.4. The lowest BCUT2D eigenvalue weighted by molar-refractivity contribution is 0.108. The average molecular weight is 980 g/mol. The fourth-order valence-electron chi connectivity index (χ4n) is 5.84. The van der Waals surface area contributed by atoms with Gasteiger partial charge in [0.15, 0.2) is 0 Å². The van der Waals surface area contributed by atoms with Gasteiger partial charge in [0.25, 0.3) is 0 Å². The Bertz CT molecular complexity index is 1430. The van der Waals surface area contributed by atoms with Crippen LogP contribution >= 0.6 is 60.8 Å². The van der Waals surface area contributed by atoms with Gasteiger partial charge in [0.1, 0.15) is 0 Å². The maximum absolute atomic E-state index is 13.3. The molecule has 336 valence electrons. The van der Waals surface area contributed by atoms with Gasteiger partial charge >= 0.3 is 60.8 Å². The van der Waals surface area contributed by atoms with E-state index in [9.17, 15) is 95.2 Å². The first-order valence-electron chi connectivity index (χ1n) is 16.2. The standard InChI is InChI=1S/C20H52N4O24P8/c1-5-45-53(37,38)17(49(25,26)27)21-9-11-22(18(50(28,29)30)54(39,40)46-6-2)13-15-24(20(52(34,35)36)56(43,44)48-8-4)16-14-23(12-10-21)19(51(31,32)33)55(41,42)47-7-3/h17-20H,5-16H2,1-4H3,(H,37,38)(H,39,40)(H,41,42)(H,43,44)(H2,25,26,27)(H2,28,29,30)(H2,31,32,33)(H2,34,35,36). The Morgan fingerprint density at radius 3 is 0.554 bits per heavy atom. The fraction of sp³-hybridized carbons (Fsp3) is 1.00. The third-order valence-corrected chi connectivity index (χ3v) is 24.6. The molecular formula is C20H52N4O24P8. The highest BCUT2D eigenvalue weighted by molar-refractivity contribution is 7.72. The molecule has 8 unspecified atom stereocenters. The van der Waals surface area contributed by atoms with Crippen LogP contribution in [0, 0.1) is 0 Å². The molecule has 0 aromatic carbocycles. The van der Waals surface area contributed by atoms with E-state index in [-0.39, 0.29) is 0 Å². The molecule has 0 amide bonds. The third-order valence-electron chi connectivity index (χ3n) is 7.63. The SMILES string of the molecule is CCOP(=O)(O)C(N1CCN(C(P(=O)(O)O)P(=O)(O)OCC)CCN(C(P(=O)(O)O)P(=O)(O)OCC)CCN(C(P(=O)(O)O)P(=O)(O)OCC)CC1)P(=O)(O)O. The predicted molar refractivity (Wildman–Crippen MR) is 195 cm³/mol. The number of rotatable bonds is 20. The summed E-state index contributed by atoms with van der Waals surface area (Å²) in [5, 5.41) is 0. The summed E-state index contributed by atoms with van der Waals surface area (Å²) in [6.45, 7) is -6.19. The molecule has 1 aliphatic rings. The highest BCUT2D eigenvalue weighted by Crippen LogP contribution is 2.68.